The van der Waals surface area contributed by atoms with Crippen LogP contribution in [0, 0.1) is 0 Å². The molecule has 1 atom stereocenters. The third kappa shape index (κ3) is 4.14. The summed E-state index contributed by atoms with van der Waals surface area (Å²) in [6.45, 7) is 2.07. The molecule has 0 fully saturated rings. The van der Waals surface area contributed by atoms with Gasteiger partial charge >= 0.3 is 0 Å². The van der Waals surface area contributed by atoms with Crippen molar-refractivity contribution in [3.05, 3.63) is 35.4 Å². The molecule has 0 aliphatic rings. The highest BCUT2D eigenvalue weighted by Gasteiger charge is 2.05. The quantitative estimate of drug-likeness (QED) is 0.723. The monoisotopic (exact) mass is 229 g/mol. The summed E-state index contributed by atoms with van der Waals surface area (Å²) in [6.07, 6.45) is 0.958. The molecule has 0 aliphatic carbocycles. The first-order valence-corrected chi connectivity index (χ1v) is 6.12. The Labute approximate surface area is 89.5 Å². The van der Waals surface area contributed by atoms with Crippen LogP contribution in [0.3, 0.4) is 0 Å². The molecule has 0 aliphatic heterocycles. The predicted octanol–water partition coefficient (Wildman–Crippen LogP) is 1.88. The van der Waals surface area contributed by atoms with Gasteiger partial charge in [0.05, 0.1) is 6.61 Å². The lowest BCUT2D eigenvalue weighted by molar-refractivity contribution is -0.224. The average Bonchev–Trinajstić information content (AvgIpc) is 2.27. The molecular weight excluding hydrogens is 215 g/mol. The van der Waals surface area contributed by atoms with Crippen molar-refractivity contribution in [3.63, 3.8) is 0 Å². The molecule has 0 amide bonds. The van der Waals surface area contributed by atoms with E-state index in [-0.39, 0.29) is 6.61 Å². The van der Waals surface area contributed by atoms with Crippen LogP contribution in [0.1, 0.15) is 18.1 Å². The molecule has 0 N–H and O–H groups in total. The SMILES string of the molecule is CCc1ccc(COP(=O)([O-])OC)cc1. The topological polar surface area (TPSA) is 58.6 Å². The summed E-state index contributed by atoms with van der Waals surface area (Å²) < 4.78 is 19.7. The van der Waals surface area contributed by atoms with Crippen molar-refractivity contribution in [2.24, 2.45) is 0 Å². The molecule has 1 aromatic carbocycles. The van der Waals surface area contributed by atoms with Crippen molar-refractivity contribution in [1.82, 2.24) is 0 Å². The fourth-order valence-corrected chi connectivity index (χ4v) is 1.49. The normalized spacial score (nSPS) is 14.9. The Bertz CT molecular complexity index is 347. The van der Waals surface area contributed by atoms with Crippen LogP contribution in [0.5, 0.6) is 0 Å². The molecule has 1 rings (SSSR count). The molecule has 5 heteroatoms. The van der Waals surface area contributed by atoms with Gasteiger partial charge < -0.3 is 13.9 Å². The van der Waals surface area contributed by atoms with Gasteiger partial charge in [0.1, 0.15) is 0 Å². The summed E-state index contributed by atoms with van der Waals surface area (Å²) in [5, 5.41) is 0. The summed E-state index contributed by atoms with van der Waals surface area (Å²) >= 11 is 0. The van der Waals surface area contributed by atoms with Gasteiger partial charge in [-0.2, -0.15) is 0 Å². The van der Waals surface area contributed by atoms with E-state index in [0.29, 0.717) is 0 Å². The molecule has 0 saturated heterocycles. The first-order valence-electron chi connectivity index (χ1n) is 4.66. The van der Waals surface area contributed by atoms with E-state index in [1.54, 1.807) is 0 Å². The maximum atomic E-state index is 10.9. The van der Waals surface area contributed by atoms with E-state index in [0.717, 1.165) is 19.1 Å². The second-order valence-electron chi connectivity index (χ2n) is 3.07. The number of benzene rings is 1. The molecule has 0 bridgehead atoms. The summed E-state index contributed by atoms with van der Waals surface area (Å²) in [4.78, 5) is 10.9. The Balaban J connectivity index is 2.55. The standard InChI is InChI=1S/C10H15O4P/c1-3-9-4-6-10(7-5-9)8-14-15(11,12)13-2/h4-7H,3,8H2,1-2H3,(H,11,12)/p-1. The number of phosphoric ester groups is 1. The highest BCUT2D eigenvalue weighted by atomic mass is 31.2. The van der Waals surface area contributed by atoms with E-state index < -0.39 is 7.82 Å². The fourth-order valence-electron chi connectivity index (χ4n) is 1.08. The Morgan fingerprint density at radius 2 is 1.80 bits per heavy atom. The van der Waals surface area contributed by atoms with Crippen molar-refractivity contribution < 1.29 is 18.5 Å². The van der Waals surface area contributed by atoms with Gasteiger partial charge in [0.2, 0.25) is 0 Å². The maximum absolute atomic E-state index is 10.9. The lowest BCUT2D eigenvalue weighted by Gasteiger charge is -2.20. The predicted molar refractivity (Wildman–Crippen MR) is 55.2 cm³/mol. The average molecular weight is 229 g/mol. The second-order valence-corrected chi connectivity index (χ2v) is 4.59. The minimum Gasteiger partial charge on any atom is -0.756 e. The van der Waals surface area contributed by atoms with Crippen molar-refractivity contribution >= 4 is 7.82 Å². The van der Waals surface area contributed by atoms with Crippen LogP contribution < -0.4 is 4.89 Å². The molecule has 0 radical (unpaired) electrons. The molecule has 15 heavy (non-hydrogen) atoms. The van der Waals surface area contributed by atoms with Crippen molar-refractivity contribution in [3.8, 4) is 0 Å². The van der Waals surface area contributed by atoms with Crippen LogP contribution >= 0.6 is 7.82 Å². The van der Waals surface area contributed by atoms with E-state index in [4.69, 9.17) is 0 Å². The molecule has 0 saturated carbocycles. The Kier molecular flexibility index (Phi) is 4.48. The third-order valence-electron chi connectivity index (χ3n) is 2.04. The van der Waals surface area contributed by atoms with Crippen LogP contribution in [0.15, 0.2) is 24.3 Å². The van der Waals surface area contributed by atoms with Crippen LogP contribution in [0.2, 0.25) is 0 Å². The van der Waals surface area contributed by atoms with Gasteiger partial charge in [-0.15, -0.1) is 0 Å². The highest BCUT2D eigenvalue weighted by molar-refractivity contribution is 7.45. The largest absolute Gasteiger partial charge is 0.756 e. The molecule has 1 unspecified atom stereocenters. The Morgan fingerprint density at radius 1 is 1.27 bits per heavy atom. The minimum atomic E-state index is -4.11. The van der Waals surface area contributed by atoms with Gasteiger partial charge in [0.25, 0.3) is 7.82 Å². The lowest BCUT2D eigenvalue weighted by atomic mass is 10.1. The third-order valence-corrected chi connectivity index (χ3v) is 2.94. The second kappa shape index (κ2) is 5.42. The molecule has 0 heterocycles. The van der Waals surface area contributed by atoms with Crippen molar-refractivity contribution in [2.75, 3.05) is 7.11 Å². The molecule has 0 spiro atoms. The van der Waals surface area contributed by atoms with E-state index in [2.05, 4.69) is 16.0 Å². The molecular formula is C10H14O4P-. The van der Waals surface area contributed by atoms with Gasteiger partial charge in [-0.1, -0.05) is 31.2 Å². The molecule has 1 aromatic rings. The van der Waals surface area contributed by atoms with E-state index in [9.17, 15) is 9.46 Å². The smallest absolute Gasteiger partial charge is 0.267 e. The zero-order valence-electron chi connectivity index (χ0n) is 8.80. The van der Waals surface area contributed by atoms with Crippen LogP contribution in [0.4, 0.5) is 0 Å². The molecule has 84 valence electrons. The minimum absolute atomic E-state index is 0.0125. The van der Waals surface area contributed by atoms with Gasteiger partial charge in [-0.25, -0.2) is 0 Å². The van der Waals surface area contributed by atoms with Gasteiger partial charge in [0, 0.05) is 7.11 Å². The zero-order valence-corrected chi connectivity index (χ0v) is 9.70. The van der Waals surface area contributed by atoms with Crippen LogP contribution in [-0.4, -0.2) is 7.11 Å². The van der Waals surface area contributed by atoms with E-state index in [1.165, 1.54) is 5.56 Å². The van der Waals surface area contributed by atoms with Gasteiger partial charge in [-0.05, 0) is 17.5 Å². The van der Waals surface area contributed by atoms with Crippen LogP contribution in [0.25, 0.3) is 0 Å². The summed E-state index contributed by atoms with van der Waals surface area (Å²) in [6, 6.07) is 7.57. The zero-order chi connectivity index (χ0) is 11.3. The van der Waals surface area contributed by atoms with Crippen molar-refractivity contribution in [2.45, 2.75) is 20.0 Å². The molecule has 0 aromatic heterocycles. The van der Waals surface area contributed by atoms with E-state index >= 15 is 0 Å². The summed E-state index contributed by atoms with van der Waals surface area (Å²) in [7, 11) is -3.03. The van der Waals surface area contributed by atoms with Gasteiger partial charge in [0.15, 0.2) is 0 Å². The Morgan fingerprint density at radius 3 is 2.27 bits per heavy atom. The molecule has 4 nitrogen and oxygen atoms in total. The van der Waals surface area contributed by atoms with Crippen molar-refractivity contribution in [1.29, 1.82) is 0 Å². The number of hydrogen-bond acceptors (Lipinski definition) is 4. The summed E-state index contributed by atoms with van der Waals surface area (Å²) in [5.41, 5.74) is 2.01. The lowest BCUT2D eigenvalue weighted by Crippen LogP contribution is -2.06. The Hall–Kier alpha value is -0.670. The number of aryl methyl sites for hydroxylation is 1. The van der Waals surface area contributed by atoms with Gasteiger partial charge in [-0.3, -0.25) is 4.57 Å². The first-order chi connectivity index (χ1) is 7.07. The van der Waals surface area contributed by atoms with Crippen LogP contribution in [-0.2, 0) is 26.6 Å². The first kappa shape index (κ1) is 12.4. The number of phosphoric acid groups is 1. The van der Waals surface area contributed by atoms with E-state index in [1.807, 2.05) is 24.3 Å². The number of rotatable bonds is 5. The summed E-state index contributed by atoms with van der Waals surface area (Å²) in [5.74, 6) is 0. The fraction of sp³-hybridized carbons (Fsp3) is 0.400. The number of hydrogen-bond donors (Lipinski definition) is 0. The maximum Gasteiger partial charge on any atom is 0.267 e. The highest BCUT2D eigenvalue weighted by Crippen LogP contribution is 2.37.